The van der Waals surface area contributed by atoms with Gasteiger partial charge in [0.15, 0.2) is 0 Å². The summed E-state index contributed by atoms with van der Waals surface area (Å²) in [6.07, 6.45) is -4.27. The van der Waals surface area contributed by atoms with E-state index in [0.29, 0.717) is 13.8 Å². The Labute approximate surface area is 225 Å². The molecule has 2 saturated carbocycles. The minimum absolute atomic E-state index is 0.0392. The van der Waals surface area contributed by atoms with Crippen LogP contribution in [-0.4, -0.2) is 70.9 Å². The van der Waals surface area contributed by atoms with Crippen molar-refractivity contribution in [2.24, 2.45) is 34.3 Å². The van der Waals surface area contributed by atoms with Gasteiger partial charge in [0.25, 0.3) is 5.91 Å². The number of carbonyl (C=O) groups excluding carboxylic acids is 5. The lowest BCUT2D eigenvalue weighted by atomic mass is 9.85. The molecule has 4 N–H and O–H groups in total. The molecule has 0 bridgehead atoms. The molecular formula is C26H39F3N4O6. The molecule has 220 valence electrons. The first-order chi connectivity index (χ1) is 17.6. The molecule has 0 radical (unpaired) electrons. The summed E-state index contributed by atoms with van der Waals surface area (Å²) in [5.41, 5.74) is 1.16. The van der Waals surface area contributed by atoms with Crippen LogP contribution in [0.25, 0.3) is 0 Å². The number of nitrogens with one attached hydrogen (secondary N) is 2. The number of Topliss-reactive ketones (excluding diaryl/α,β-unsaturated/α-hetero) is 1. The molecule has 1 heterocycles. The predicted octanol–water partition coefficient (Wildman–Crippen LogP) is 2.29. The molecule has 4 amide bonds. The number of amides is 4. The summed E-state index contributed by atoms with van der Waals surface area (Å²) in [5, 5.41) is 4.92. The van der Waals surface area contributed by atoms with Crippen LogP contribution < -0.4 is 16.4 Å². The maximum Gasteiger partial charge on any atom is 0.427 e. The number of fused-ring (bicyclic) bond motifs is 1. The Balaban J connectivity index is 1.83. The van der Waals surface area contributed by atoms with E-state index in [0.717, 1.165) is 12.8 Å². The van der Waals surface area contributed by atoms with Crippen LogP contribution in [0.1, 0.15) is 67.7 Å². The standard InChI is InChI=1S/C26H39F3N4O6/c1-23(2,3)18(32-22(38)39-25(6,7)26(27,28)29)21(37)33-11-13-15(24(13,4)5)16(33)20(36)31-14(10-12-8-9-12)17(34)19(30)35/h12-16,18H,8-11H2,1-7H3,(H2,30,35)(H,31,36)(H,32,38)/t13?,14?,15?,16-,18?/m0/s1. The molecule has 3 aliphatic rings. The number of primary amides is 1. The van der Waals surface area contributed by atoms with Crippen molar-refractivity contribution in [1.82, 2.24) is 15.5 Å². The Morgan fingerprint density at radius 2 is 1.59 bits per heavy atom. The third-order valence-corrected chi connectivity index (χ3v) is 8.31. The molecule has 0 aromatic rings. The van der Waals surface area contributed by atoms with Gasteiger partial charge in [-0.1, -0.05) is 47.5 Å². The highest BCUT2D eigenvalue weighted by atomic mass is 19.4. The fourth-order valence-corrected chi connectivity index (χ4v) is 5.41. The number of ketones is 1. The van der Waals surface area contributed by atoms with E-state index in [1.54, 1.807) is 20.8 Å². The van der Waals surface area contributed by atoms with Crippen molar-refractivity contribution in [3.63, 3.8) is 0 Å². The number of ether oxygens (including phenoxy) is 1. The highest BCUT2D eigenvalue weighted by Gasteiger charge is 2.70. The van der Waals surface area contributed by atoms with Gasteiger partial charge in [-0.3, -0.25) is 19.2 Å². The normalized spacial score (nSPS) is 25.7. The van der Waals surface area contributed by atoms with Crippen LogP contribution in [0.2, 0.25) is 0 Å². The lowest BCUT2D eigenvalue weighted by Gasteiger charge is -2.38. The summed E-state index contributed by atoms with van der Waals surface area (Å²) in [6, 6.07) is -3.44. The first-order valence-corrected chi connectivity index (χ1v) is 13.1. The van der Waals surface area contributed by atoms with Crippen molar-refractivity contribution in [2.45, 2.75) is 97.6 Å². The molecule has 0 aromatic carbocycles. The van der Waals surface area contributed by atoms with Crippen LogP contribution in [0.3, 0.4) is 0 Å². The second-order valence-electron chi connectivity index (χ2n) is 13.2. The van der Waals surface area contributed by atoms with Gasteiger partial charge < -0.3 is 26.0 Å². The van der Waals surface area contributed by atoms with E-state index in [-0.39, 0.29) is 36.1 Å². The zero-order valence-electron chi connectivity index (χ0n) is 23.4. The Bertz CT molecular complexity index is 1050. The second-order valence-corrected chi connectivity index (χ2v) is 13.2. The van der Waals surface area contributed by atoms with E-state index in [4.69, 9.17) is 5.73 Å². The average molecular weight is 561 g/mol. The van der Waals surface area contributed by atoms with Crippen LogP contribution in [0.4, 0.5) is 18.0 Å². The van der Waals surface area contributed by atoms with Gasteiger partial charge in [0, 0.05) is 6.54 Å². The first kappa shape index (κ1) is 30.7. The van der Waals surface area contributed by atoms with Crippen LogP contribution in [0, 0.1) is 28.6 Å². The molecule has 2 aliphatic carbocycles. The molecule has 10 nitrogen and oxygen atoms in total. The Kier molecular flexibility index (Phi) is 7.83. The van der Waals surface area contributed by atoms with Gasteiger partial charge in [0.05, 0.1) is 6.04 Å². The number of nitrogens with two attached hydrogens (primary N) is 1. The number of rotatable bonds is 9. The molecule has 39 heavy (non-hydrogen) atoms. The highest BCUT2D eigenvalue weighted by Crippen LogP contribution is 2.65. The van der Waals surface area contributed by atoms with Crippen molar-refractivity contribution in [3.05, 3.63) is 0 Å². The maximum absolute atomic E-state index is 13.8. The summed E-state index contributed by atoms with van der Waals surface area (Å²) in [6.45, 7) is 10.4. The summed E-state index contributed by atoms with van der Waals surface area (Å²) in [4.78, 5) is 65.2. The van der Waals surface area contributed by atoms with Crippen molar-refractivity contribution in [2.75, 3.05) is 6.54 Å². The number of carbonyl (C=O) groups is 5. The quantitative estimate of drug-likeness (QED) is 0.369. The number of halogens is 3. The Morgan fingerprint density at radius 1 is 1.03 bits per heavy atom. The maximum atomic E-state index is 13.8. The fourth-order valence-electron chi connectivity index (χ4n) is 5.41. The Morgan fingerprint density at radius 3 is 2.05 bits per heavy atom. The van der Waals surface area contributed by atoms with E-state index < -0.39 is 64.9 Å². The second kappa shape index (κ2) is 9.96. The number of nitrogens with zero attached hydrogens (tertiary/aromatic N) is 1. The van der Waals surface area contributed by atoms with E-state index in [9.17, 15) is 37.1 Å². The van der Waals surface area contributed by atoms with E-state index in [2.05, 4.69) is 15.4 Å². The highest BCUT2D eigenvalue weighted by molar-refractivity contribution is 6.37. The van der Waals surface area contributed by atoms with Gasteiger partial charge in [-0.2, -0.15) is 13.2 Å². The van der Waals surface area contributed by atoms with E-state index >= 15 is 0 Å². The number of alkyl halides is 3. The van der Waals surface area contributed by atoms with E-state index in [1.807, 2.05) is 13.8 Å². The topological polar surface area (TPSA) is 148 Å². The van der Waals surface area contributed by atoms with Gasteiger partial charge in [-0.25, -0.2) is 4.79 Å². The van der Waals surface area contributed by atoms with Crippen LogP contribution in [0.5, 0.6) is 0 Å². The number of likely N-dealkylation sites (tertiary alicyclic amines) is 1. The smallest absolute Gasteiger partial charge is 0.427 e. The van der Waals surface area contributed by atoms with Gasteiger partial charge in [0.2, 0.25) is 23.2 Å². The van der Waals surface area contributed by atoms with Crippen molar-refractivity contribution < 1.29 is 41.9 Å². The zero-order chi connectivity index (χ0) is 29.9. The molecule has 3 fully saturated rings. The summed E-state index contributed by atoms with van der Waals surface area (Å²) < 4.78 is 44.4. The lowest BCUT2D eigenvalue weighted by Crippen LogP contribution is -2.61. The van der Waals surface area contributed by atoms with E-state index in [1.165, 1.54) is 4.90 Å². The summed E-state index contributed by atoms with van der Waals surface area (Å²) >= 11 is 0. The lowest BCUT2D eigenvalue weighted by molar-refractivity contribution is -0.244. The van der Waals surface area contributed by atoms with Crippen LogP contribution >= 0.6 is 0 Å². The minimum Gasteiger partial charge on any atom is -0.434 e. The van der Waals surface area contributed by atoms with Crippen molar-refractivity contribution in [1.29, 1.82) is 0 Å². The molecule has 4 unspecified atom stereocenters. The molecule has 5 atom stereocenters. The Hall–Kier alpha value is -2.86. The molecular weight excluding hydrogens is 521 g/mol. The van der Waals surface area contributed by atoms with Gasteiger partial charge >= 0.3 is 12.3 Å². The number of hydrogen-bond donors (Lipinski definition) is 3. The SMILES string of the molecule is CC(C)(C)C(NC(=O)OC(C)(C)C(F)(F)F)C(=O)N1CC2C([C@H]1C(=O)NC(CC1CC1)C(=O)C(N)=O)C2(C)C. The van der Waals surface area contributed by atoms with Gasteiger partial charge in [0.1, 0.15) is 12.1 Å². The molecule has 0 aromatic heterocycles. The van der Waals surface area contributed by atoms with Gasteiger partial charge in [-0.05, 0) is 48.9 Å². The molecule has 13 heteroatoms. The van der Waals surface area contributed by atoms with Crippen LogP contribution in [0.15, 0.2) is 0 Å². The molecule has 0 spiro atoms. The number of hydrogen-bond acceptors (Lipinski definition) is 6. The number of piperidine rings is 1. The molecule has 1 saturated heterocycles. The monoisotopic (exact) mass is 560 g/mol. The van der Waals surface area contributed by atoms with Gasteiger partial charge in [-0.15, -0.1) is 0 Å². The third-order valence-electron chi connectivity index (χ3n) is 8.31. The number of alkyl carbamates (subject to hydrolysis) is 1. The van der Waals surface area contributed by atoms with Crippen LogP contribution in [-0.2, 0) is 23.9 Å². The zero-order valence-corrected chi connectivity index (χ0v) is 23.4. The van der Waals surface area contributed by atoms with Crippen molar-refractivity contribution in [3.8, 4) is 0 Å². The third kappa shape index (κ3) is 6.32. The minimum atomic E-state index is -4.84. The van der Waals surface area contributed by atoms with Crippen molar-refractivity contribution >= 4 is 29.6 Å². The summed E-state index contributed by atoms with van der Waals surface area (Å²) in [7, 11) is 0. The largest absolute Gasteiger partial charge is 0.434 e. The fraction of sp³-hybridized carbons (Fsp3) is 0.808. The molecule has 1 aliphatic heterocycles. The molecule has 3 rings (SSSR count). The first-order valence-electron chi connectivity index (χ1n) is 13.1. The summed E-state index contributed by atoms with van der Waals surface area (Å²) in [5.74, 6) is -3.45. The average Bonchev–Trinajstić information content (AvgIpc) is 3.61. The predicted molar refractivity (Wildman–Crippen MR) is 133 cm³/mol.